The summed E-state index contributed by atoms with van der Waals surface area (Å²) in [5.41, 5.74) is 4.29. The molecule has 1 heterocycles. The van der Waals surface area contributed by atoms with Gasteiger partial charge < -0.3 is 5.32 Å². The summed E-state index contributed by atoms with van der Waals surface area (Å²) >= 11 is 0. The lowest BCUT2D eigenvalue weighted by Crippen LogP contribution is -2.22. The lowest BCUT2D eigenvalue weighted by atomic mass is 10.1. The van der Waals surface area contributed by atoms with Crippen molar-refractivity contribution in [3.8, 4) is 16.9 Å². The fraction of sp³-hybridized carbons (Fsp3) is 0.158. The van der Waals surface area contributed by atoms with Crippen molar-refractivity contribution in [3.63, 3.8) is 0 Å². The molecule has 0 radical (unpaired) electrons. The van der Waals surface area contributed by atoms with Gasteiger partial charge in [0.25, 0.3) is 5.91 Å². The molecular weight excluding hydrogens is 286 g/mol. The Labute approximate surface area is 135 Å². The van der Waals surface area contributed by atoms with Crippen LogP contribution >= 0.6 is 0 Å². The van der Waals surface area contributed by atoms with Crippen LogP contribution in [0.25, 0.3) is 16.9 Å². The van der Waals surface area contributed by atoms with Gasteiger partial charge >= 0.3 is 0 Å². The second-order valence-electron chi connectivity index (χ2n) is 5.40. The molecule has 3 aromatic rings. The molecule has 0 atom stereocenters. The van der Waals surface area contributed by atoms with Crippen molar-refractivity contribution in [2.75, 3.05) is 6.54 Å². The summed E-state index contributed by atoms with van der Waals surface area (Å²) in [6.45, 7) is 4.53. The lowest BCUT2D eigenvalue weighted by molar-refractivity contribution is 0.0956. The van der Waals surface area contributed by atoms with Gasteiger partial charge in [0.1, 0.15) is 5.69 Å². The Morgan fingerprint density at radius 3 is 2.61 bits per heavy atom. The summed E-state index contributed by atoms with van der Waals surface area (Å²) in [5, 5.41) is 7.51. The van der Waals surface area contributed by atoms with Crippen LogP contribution in [0, 0.1) is 6.92 Å². The van der Waals surface area contributed by atoms with Gasteiger partial charge in [-0.05, 0) is 32.0 Å². The van der Waals surface area contributed by atoms with Crippen LogP contribution in [0.3, 0.4) is 0 Å². The van der Waals surface area contributed by atoms with Crippen molar-refractivity contribution in [1.29, 1.82) is 0 Å². The molecule has 3 rings (SSSR count). The number of nitrogens with one attached hydrogen (secondary N) is 1. The zero-order chi connectivity index (χ0) is 16.2. The number of amides is 1. The SMILES string of the molecule is CCNC(=O)c1cn(-c2ccccc2)nc1-c1cccc(C)c1. The molecule has 0 aliphatic heterocycles. The summed E-state index contributed by atoms with van der Waals surface area (Å²) in [6.07, 6.45) is 1.79. The quantitative estimate of drug-likeness (QED) is 0.800. The highest BCUT2D eigenvalue weighted by molar-refractivity contribution is 5.99. The van der Waals surface area contributed by atoms with E-state index in [0.29, 0.717) is 17.8 Å². The molecule has 4 heteroatoms. The first-order valence-electron chi connectivity index (χ1n) is 7.69. The van der Waals surface area contributed by atoms with E-state index in [2.05, 4.69) is 10.4 Å². The third kappa shape index (κ3) is 3.16. The molecule has 0 aliphatic carbocycles. The predicted molar refractivity (Wildman–Crippen MR) is 91.7 cm³/mol. The Balaban J connectivity index is 2.13. The van der Waals surface area contributed by atoms with Crippen molar-refractivity contribution in [2.45, 2.75) is 13.8 Å². The topological polar surface area (TPSA) is 46.9 Å². The fourth-order valence-electron chi connectivity index (χ4n) is 2.51. The minimum atomic E-state index is -0.105. The largest absolute Gasteiger partial charge is 0.352 e. The molecule has 116 valence electrons. The maximum atomic E-state index is 12.4. The van der Waals surface area contributed by atoms with E-state index in [4.69, 9.17) is 0 Å². The standard InChI is InChI=1S/C19H19N3O/c1-3-20-19(23)17-13-22(16-10-5-4-6-11-16)21-18(17)15-9-7-8-14(2)12-15/h4-13H,3H2,1-2H3,(H,20,23). The first-order valence-corrected chi connectivity index (χ1v) is 7.69. The van der Waals surface area contributed by atoms with Crippen LogP contribution in [0.4, 0.5) is 0 Å². The van der Waals surface area contributed by atoms with Crippen LogP contribution in [0.5, 0.6) is 0 Å². The van der Waals surface area contributed by atoms with Gasteiger partial charge in [0.15, 0.2) is 0 Å². The Hall–Kier alpha value is -2.88. The van der Waals surface area contributed by atoms with E-state index in [0.717, 1.165) is 16.8 Å². The van der Waals surface area contributed by atoms with E-state index in [9.17, 15) is 4.79 Å². The summed E-state index contributed by atoms with van der Waals surface area (Å²) < 4.78 is 1.75. The average Bonchev–Trinajstić information content (AvgIpc) is 3.01. The van der Waals surface area contributed by atoms with Crippen molar-refractivity contribution < 1.29 is 4.79 Å². The zero-order valence-corrected chi connectivity index (χ0v) is 13.3. The number of nitrogens with zero attached hydrogens (tertiary/aromatic N) is 2. The van der Waals surface area contributed by atoms with Crippen LogP contribution < -0.4 is 5.32 Å². The number of para-hydroxylation sites is 1. The van der Waals surface area contributed by atoms with Crippen LogP contribution in [-0.2, 0) is 0 Å². The number of hydrogen-bond acceptors (Lipinski definition) is 2. The highest BCUT2D eigenvalue weighted by Crippen LogP contribution is 2.24. The maximum absolute atomic E-state index is 12.4. The number of aryl methyl sites for hydroxylation is 1. The van der Waals surface area contributed by atoms with Crippen molar-refractivity contribution >= 4 is 5.91 Å². The zero-order valence-electron chi connectivity index (χ0n) is 13.3. The molecule has 2 aromatic carbocycles. The molecule has 0 aliphatic rings. The second-order valence-corrected chi connectivity index (χ2v) is 5.40. The number of carbonyl (C=O) groups excluding carboxylic acids is 1. The number of aromatic nitrogens is 2. The molecule has 0 fully saturated rings. The average molecular weight is 305 g/mol. The van der Waals surface area contributed by atoms with Gasteiger partial charge in [-0.2, -0.15) is 5.10 Å². The van der Waals surface area contributed by atoms with E-state index >= 15 is 0 Å². The first-order chi connectivity index (χ1) is 11.2. The maximum Gasteiger partial charge on any atom is 0.255 e. The number of rotatable bonds is 4. The van der Waals surface area contributed by atoms with Gasteiger partial charge in [0, 0.05) is 18.3 Å². The molecular formula is C19H19N3O. The highest BCUT2D eigenvalue weighted by Gasteiger charge is 2.18. The van der Waals surface area contributed by atoms with E-state index in [1.165, 1.54) is 0 Å². The Morgan fingerprint density at radius 1 is 1.13 bits per heavy atom. The van der Waals surface area contributed by atoms with Gasteiger partial charge in [-0.15, -0.1) is 0 Å². The summed E-state index contributed by atoms with van der Waals surface area (Å²) in [5.74, 6) is -0.105. The minimum absolute atomic E-state index is 0.105. The van der Waals surface area contributed by atoms with Crippen LogP contribution in [0.2, 0.25) is 0 Å². The lowest BCUT2D eigenvalue weighted by Gasteiger charge is -2.03. The third-order valence-electron chi connectivity index (χ3n) is 3.61. The van der Waals surface area contributed by atoms with Gasteiger partial charge in [-0.3, -0.25) is 4.79 Å². The van der Waals surface area contributed by atoms with E-state index in [1.54, 1.807) is 10.9 Å². The molecule has 0 spiro atoms. The monoisotopic (exact) mass is 305 g/mol. The second kappa shape index (κ2) is 6.48. The normalized spacial score (nSPS) is 10.5. The number of carbonyl (C=O) groups is 1. The minimum Gasteiger partial charge on any atom is -0.352 e. The molecule has 0 saturated carbocycles. The molecule has 1 amide bonds. The van der Waals surface area contributed by atoms with E-state index in [1.807, 2.05) is 68.4 Å². The van der Waals surface area contributed by atoms with Crippen molar-refractivity contribution in [1.82, 2.24) is 15.1 Å². The Kier molecular flexibility index (Phi) is 4.24. The number of benzene rings is 2. The summed E-state index contributed by atoms with van der Waals surface area (Å²) in [4.78, 5) is 12.4. The highest BCUT2D eigenvalue weighted by atomic mass is 16.1. The van der Waals surface area contributed by atoms with Crippen molar-refractivity contribution in [2.24, 2.45) is 0 Å². The molecule has 1 N–H and O–H groups in total. The number of hydrogen-bond donors (Lipinski definition) is 1. The molecule has 0 saturated heterocycles. The van der Waals surface area contributed by atoms with E-state index < -0.39 is 0 Å². The fourth-order valence-corrected chi connectivity index (χ4v) is 2.51. The summed E-state index contributed by atoms with van der Waals surface area (Å²) in [6, 6.07) is 17.8. The molecule has 0 unspecified atom stereocenters. The van der Waals surface area contributed by atoms with Gasteiger partial charge in [0.2, 0.25) is 0 Å². The van der Waals surface area contributed by atoms with Crippen molar-refractivity contribution in [3.05, 3.63) is 71.9 Å². The summed E-state index contributed by atoms with van der Waals surface area (Å²) in [7, 11) is 0. The van der Waals surface area contributed by atoms with Crippen LogP contribution in [0.15, 0.2) is 60.8 Å². The van der Waals surface area contributed by atoms with Gasteiger partial charge in [-0.1, -0.05) is 42.0 Å². The first kappa shape index (κ1) is 15.0. The van der Waals surface area contributed by atoms with Crippen LogP contribution in [0.1, 0.15) is 22.8 Å². The Bertz CT molecular complexity index is 822. The van der Waals surface area contributed by atoms with Gasteiger partial charge in [0.05, 0.1) is 11.3 Å². The predicted octanol–water partition coefficient (Wildman–Crippen LogP) is 3.60. The van der Waals surface area contributed by atoms with Gasteiger partial charge in [-0.25, -0.2) is 4.68 Å². The van der Waals surface area contributed by atoms with Crippen LogP contribution in [-0.4, -0.2) is 22.2 Å². The smallest absolute Gasteiger partial charge is 0.255 e. The molecule has 0 bridgehead atoms. The molecule has 23 heavy (non-hydrogen) atoms. The third-order valence-corrected chi connectivity index (χ3v) is 3.61. The van der Waals surface area contributed by atoms with E-state index in [-0.39, 0.29) is 5.91 Å². The molecule has 4 nitrogen and oxygen atoms in total. The Morgan fingerprint density at radius 2 is 1.91 bits per heavy atom. The molecule has 1 aromatic heterocycles.